The molecule has 3 aromatic rings. The normalized spacial score (nSPS) is 11.7. The van der Waals surface area contributed by atoms with E-state index in [1.165, 1.54) is 72.8 Å². The highest BCUT2D eigenvalue weighted by molar-refractivity contribution is 5.99. The van der Waals surface area contributed by atoms with Crippen LogP contribution in [0.2, 0.25) is 0 Å². The molecule has 12 heteroatoms. The number of aliphatic carboxylic acids is 1. The number of carboxylic acids is 1. The zero-order valence-electron chi connectivity index (χ0n) is 21.2. The molecule has 0 aliphatic heterocycles. The number of benzene rings is 3. The van der Waals surface area contributed by atoms with Gasteiger partial charge < -0.3 is 19.9 Å². The predicted octanol–water partition coefficient (Wildman–Crippen LogP) is 2.33. The van der Waals surface area contributed by atoms with Crippen molar-refractivity contribution in [3.63, 3.8) is 0 Å². The number of carboxylic acid groups (broad SMARTS) is 1. The van der Waals surface area contributed by atoms with E-state index in [4.69, 9.17) is 9.47 Å². The number of nitrogens with one attached hydrogen (secondary N) is 3. The summed E-state index contributed by atoms with van der Waals surface area (Å²) in [6.07, 6.45) is -4.19. The first kappa shape index (κ1) is 29.0. The number of amides is 3. The van der Waals surface area contributed by atoms with E-state index in [1.54, 1.807) is 19.1 Å². The van der Waals surface area contributed by atoms with Gasteiger partial charge >= 0.3 is 17.9 Å². The van der Waals surface area contributed by atoms with Crippen molar-refractivity contribution in [2.75, 3.05) is 5.32 Å². The van der Waals surface area contributed by atoms with Crippen molar-refractivity contribution in [2.45, 2.75) is 25.6 Å². The summed E-state index contributed by atoms with van der Waals surface area (Å²) in [6.45, 7) is 1.68. The summed E-state index contributed by atoms with van der Waals surface area (Å²) in [5, 5.41) is 12.4. The van der Waals surface area contributed by atoms with Gasteiger partial charge in [-0.05, 0) is 48.5 Å². The van der Waals surface area contributed by atoms with Crippen LogP contribution < -0.4 is 16.2 Å². The van der Waals surface area contributed by atoms with Crippen LogP contribution in [0.4, 0.5) is 5.69 Å². The van der Waals surface area contributed by atoms with Gasteiger partial charge in [0.05, 0.1) is 11.1 Å². The minimum atomic E-state index is -2.27. The first-order chi connectivity index (χ1) is 19.2. The number of hydrogen-bond acceptors (Lipinski definition) is 8. The molecular formula is C28H25N3O9. The van der Waals surface area contributed by atoms with Gasteiger partial charge in [-0.25, -0.2) is 14.4 Å². The maximum absolute atomic E-state index is 13.0. The third kappa shape index (κ3) is 7.99. The summed E-state index contributed by atoms with van der Waals surface area (Å²) in [6, 6.07) is 20.5. The fourth-order valence-corrected chi connectivity index (χ4v) is 3.23. The van der Waals surface area contributed by atoms with Gasteiger partial charge in [-0.3, -0.25) is 25.2 Å². The first-order valence-electron chi connectivity index (χ1n) is 11.9. The summed E-state index contributed by atoms with van der Waals surface area (Å²) in [5.41, 5.74) is 4.62. The molecule has 0 aliphatic carbocycles. The lowest BCUT2D eigenvalue weighted by Crippen LogP contribution is -2.54. The molecule has 2 atom stereocenters. The number of anilines is 1. The molecule has 3 rings (SSSR count). The Morgan fingerprint density at radius 3 is 1.65 bits per heavy atom. The lowest BCUT2D eigenvalue weighted by molar-refractivity contribution is -0.159. The smallest absolute Gasteiger partial charge is 0.349 e. The van der Waals surface area contributed by atoms with Crippen molar-refractivity contribution in [3.8, 4) is 0 Å². The monoisotopic (exact) mass is 547 g/mol. The molecule has 4 N–H and O–H groups in total. The number of esters is 2. The zero-order valence-corrected chi connectivity index (χ0v) is 21.2. The highest BCUT2D eigenvalue weighted by Gasteiger charge is 2.41. The Morgan fingerprint density at radius 1 is 0.675 bits per heavy atom. The molecule has 0 radical (unpaired) electrons. The first-order valence-corrected chi connectivity index (χ1v) is 11.9. The van der Waals surface area contributed by atoms with Gasteiger partial charge in [0, 0.05) is 17.7 Å². The third-order valence-corrected chi connectivity index (χ3v) is 5.31. The van der Waals surface area contributed by atoms with Gasteiger partial charge in [0.2, 0.25) is 18.1 Å². The average Bonchev–Trinajstić information content (AvgIpc) is 2.98. The lowest BCUT2D eigenvalue weighted by atomic mass is 10.1. The van der Waals surface area contributed by atoms with Crippen molar-refractivity contribution in [1.29, 1.82) is 0 Å². The van der Waals surface area contributed by atoms with Crippen LogP contribution in [0.15, 0.2) is 84.9 Å². The Balaban J connectivity index is 1.77. The Labute approximate surface area is 228 Å². The molecule has 40 heavy (non-hydrogen) atoms. The van der Waals surface area contributed by atoms with Crippen LogP contribution in [0.3, 0.4) is 0 Å². The topological polar surface area (TPSA) is 177 Å². The van der Waals surface area contributed by atoms with E-state index in [-0.39, 0.29) is 29.0 Å². The van der Waals surface area contributed by atoms with Crippen LogP contribution in [-0.4, -0.2) is 52.9 Å². The van der Waals surface area contributed by atoms with Crippen LogP contribution in [0.5, 0.6) is 0 Å². The van der Waals surface area contributed by atoms with Crippen molar-refractivity contribution in [3.05, 3.63) is 102 Å². The van der Waals surface area contributed by atoms with Gasteiger partial charge in [-0.2, -0.15) is 0 Å². The summed E-state index contributed by atoms with van der Waals surface area (Å²) in [4.78, 5) is 74.4. The Morgan fingerprint density at radius 2 is 1.18 bits per heavy atom. The SMILES string of the molecule is CCC(=O)Nc1ccc(C(=O)NNC(=O)[C@H](OC(=O)c2ccccc2)[C@@H](OC(=O)c2ccccc2)C(=O)O)cc1. The quantitative estimate of drug-likeness (QED) is 0.219. The molecule has 0 saturated heterocycles. The van der Waals surface area contributed by atoms with Crippen molar-refractivity contribution >= 4 is 41.3 Å². The molecule has 0 aromatic heterocycles. The number of rotatable bonds is 10. The van der Waals surface area contributed by atoms with Crippen LogP contribution in [0.1, 0.15) is 44.4 Å². The van der Waals surface area contributed by atoms with E-state index in [0.717, 1.165) is 0 Å². The second-order valence-electron chi connectivity index (χ2n) is 8.14. The van der Waals surface area contributed by atoms with E-state index in [0.29, 0.717) is 5.69 Å². The molecule has 0 aliphatic rings. The number of ether oxygens (including phenoxy) is 2. The molecule has 0 saturated carbocycles. The molecule has 0 heterocycles. The van der Waals surface area contributed by atoms with E-state index in [9.17, 15) is 33.9 Å². The predicted molar refractivity (Wildman–Crippen MR) is 140 cm³/mol. The fourth-order valence-electron chi connectivity index (χ4n) is 3.23. The van der Waals surface area contributed by atoms with Crippen molar-refractivity contribution < 1.29 is 43.3 Å². The summed E-state index contributed by atoms with van der Waals surface area (Å²) in [5.74, 6) is -6.23. The van der Waals surface area contributed by atoms with Crippen LogP contribution >= 0.6 is 0 Å². The van der Waals surface area contributed by atoms with E-state index in [2.05, 4.69) is 10.7 Å². The number of hydrogen-bond donors (Lipinski definition) is 4. The molecular weight excluding hydrogens is 522 g/mol. The van der Waals surface area contributed by atoms with E-state index >= 15 is 0 Å². The molecule has 3 aromatic carbocycles. The van der Waals surface area contributed by atoms with Crippen molar-refractivity contribution in [1.82, 2.24) is 10.9 Å². The second-order valence-corrected chi connectivity index (χ2v) is 8.14. The Bertz CT molecular complexity index is 1380. The number of hydrazine groups is 1. The van der Waals surface area contributed by atoms with Gasteiger partial charge in [0.1, 0.15) is 0 Å². The standard InChI is InChI=1S/C28H25N3O9/c1-2-21(32)29-20-15-13-17(14-16-20)24(33)30-31-25(34)22(39-27(37)18-9-5-3-6-10-18)23(26(35)36)40-28(38)19-11-7-4-8-12-19/h3-16,22-23H,2H2,1H3,(H,29,32)(H,30,33)(H,31,34)(H,35,36)/t22-,23-/m1/s1. The fraction of sp³-hybridized carbons (Fsp3) is 0.143. The maximum atomic E-state index is 13.0. The van der Waals surface area contributed by atoms with Gasteiger partial charge in [-0.1, -0.05) is 43.3 Å². The summed E-state index contributed by atoms with van der Waals surface area (Å²) in [7, 11) is 0. The lowest BCUT2D eigenvalue weighted by Gasteiger charge is -2.23. The molecule has 0 fully saturated rings. The van der Waals surface area contributed by atoms with Crippen LogP contribution in [0, 0.1) is 0 Å². The third-order valence-electron chi connectivity index (χ3n) is 5.31. The van der Waals surface area contributed by atoms with Crippen molar-refractivity contribution in [2.24, 2.45) is 0 Å². The highest BCUT2D eigenvalue weighted by atomic mass is 16.6. The number of carbonyl (C=O) groups excluding carboxylic acids is 5. The largest absolute Gasteiger partial charge is 0.478 e. The number of carbonyl (C=O) groups is 6. The van der Waals surface area contributed by atoms with Gasteiger partial charge in [0.15, 0.2) is 0 Å². The molecule has 12 nitrogen and oxygen atoms in total. The maximum Gasteiger partial charge on any atom is 0.349 e. The van der Waals surface area contributed by atoms with E-state index in [1.807, 2.05) is 5.43 Å². The minimum absolute atomic E-state index is 0.00175. The Hall–Kier alpha value is -5.52. The molecule has 0 unspecified atom stereocenters. The highest BCUT2D eigenvalue weighted by Crippen LogP contribution is 2.14. The van der Waals surface area contributed by atoms with Gasteiger partial charge in [-0.15, -0.1) is 0 Å². The van der Waals surface area contributed by atoms with Crippen LogP contribution in [0.25, 0.3) is 0 Å². The minimum Gasteiger partial charge on any atom is -0.478 e. The zero-order chi connectivity index (χ0) is 29.1. The average molecular weight is 548 g/mol. The molecule has 206 valence electrons. The molecule has 3 amide bonds. The Kier molecular flexibility index (Phi) is 10.1. The van der Waals surface area contributed by atoms with Crippen LogP contribution in [-0.2, 0) is 23.9 Å². The van der Waals surface area contributed by atoms with Gasteiger partial charge in [0.25, 0.3) is 11.8 Å². The molecule has 0 bridgehead atoms. The summed E-state index contributed by atoms with van der Waals surface area (Å²) >= 11 is 0. The second kappa shape index (κ2) is 13.9. The summed E-state index contributed by atoms with van der Waals surface area (Å²) < 4.78 is 10.2. The molecule has 0 spiro atoms. The van der Waals surface area contributed by atoms with E-state index < -0.39 is 41.9 Å².